The third-order valence-electron chi connectivity index (χ3n) is 4.99. The van der Waals surface area contributed by atoms with Crippen LogP contribution in [0.3, 0.4) is 0 Å². The normalized spacial score (nSPS) is 25.8. The molecule has 0 saturated carbocycles. The first-order chi connectivity index (χ1) is 14.9. The first-order valence-corrected chi connectivity index (χ1v) is 10.4. The predicted molar refractivity (Wildman–Crippen MR) is 117 cm³/mol. The summed E-state index contributed by atoms with van der Waals surface area (Å²) in [4.78, 5) is 24.0. The molecule has 0 radical (unpaired) electrons. The van der Waals surface area contributed by atoms with Crippen molar-refractivity contribution in [1.29, 1.82) is 0 Å². The van der Waals surface area contributed by atoms with Gasteiger partial charge in [0.2, 0.25) is 0 Å². The van der Waals surface area contributed by atoms with E-state index in [-0.39, 0.29) is 43.6 Å². The summed E-state index contributed by atoms with van der Waals surface area (Å²) in [5.74, 6) is -1.28. The van der Waals surface area contributed by atoms with E-state index in [0.29, 0.717) is 5.70 Å². The van der Waals surface area contributed by atoms with Gasteiger partial charge in [-0.2, -0.15) is 0 Å². The third kappa shape index (κ3) is 6.01. The van der Waals surface area contributed by atoms with E-state index in [9.17, 15) is 9.59 Å². The summed E-state index contributed by atoms with van der Waals surface area (Å²) in [6, 6.07) is 7.57. The zero-order valence-electron chi connectivity index (χ0n) is 17.5. The van der Waals surface area contributed by atoms with Gasteiger partial charge in [-0.05, 0) is 25.5 Å². The lowest BCUT2D eigenvalue weighted by atomic mass is 9.94. The lowest BCUT2D eigenvalue weighted by molar-refractivity contribution is -0.244. The molecule has 3 rings (SSSR count). The molecule has 168 valence electrons. The summed E-state index contributed by atoms with van der Waals surface area (Å²) in [7, 11) is 0. The molecule has 1 aromatic carbocycles. The van der Waals surface area contributed by atoms with Gasteiger partial charge < -0.3 is 35.3 Å². The van der Waals surface area contributed by atoms with Gasteiger partial charge in [0.1, 0.15) is 25.1 Å². The molecule has 0 spiro atoms. The van der Waals surface area contributed by atoms with Crippen LogP contribution in [0, 0.1) is 6.92 Å². The van der Waals surface area contributed by atoms with E-state index in [0.717, 1.165) is 11.1 Å². The molecular formula is C21H27N3O6S. The Morgan fingerprint density at radius 1 is 1.39 bits per heavy atom. The Morgan fingerprint density at radius 3 is 2.94 bits per heavy atom. The molecule has 0 bridgehead atoms. The van der Waals surface area contributed by atoms with Crippen LogP contribution in [-0.4, -0.2) is 61.2 Å². The Hall–Kier alpha value is -2.53. The maximum absolute atomic E-state index is 12.7. The van der Waals surface area contributed by atoms with Crippen molar-refractivity contribution in [1.82, 2.24) is 10.6 Å². The van der Waals surface area contributed by atoms with Crippen LogP contribution in [0.25, 0.3) is 5.70 Å². The average molecular weight is 450 g/mol. The van der Waals surface area contributed by atoms with Crippen molar-refractivity contribution in [2.45, 2.75) is 44.6 Å². The highest BCUT2D eigenvalue weighted by Crippen LogP contribution is 2.26. The molecule has 1 aromatic rings. The van der Waals surface area contributed by atoms with Gasteiger partial charge in [-0.1, -0.05) is 36.0 Å². The fourth-order valence-electron chi connectivity index (χ4n) is 3.49. The summed E-state index contributed by atoms with van der Waals surface area (Å²) < 4.78 is 21.7. The number of carbonyl (C=O) groups is 2. The lowest BCUT2D eigenvalue weighted by Gasteiger charge is -2.43. The number of nitrogens with one attached hydrogen (secondary N) is 2. The summed E-state index contributed by atoms with van der Waals surface area (Å²) in [5, 5.41) is 5.66. The molecule has 31 heavy (non-hydrogen) atoms. The average Bonchev–Trinajstić information content (AvgIpc) is 2.77. The highest BCUT2D eigenvalue weighted by Gasteiger charge is 2.44. The number of thiocarbonyl (C=S) groups is 1. The number of amides is 1. The van der Waals surface area contributed by atoms with Crippen LogP contribution in [0.15, 0.2) is 30.5 Å². The molecule has 2 fully saturated rings. The van der Waals surface area contributed by atoms with Crippen LogP contribution in [0.1, 0.15) is 24.5 Å². The van der Waals surface area contributed by atoms with Gasteiger partial charge >= 0.3 is 5.97 Å². The van der Waals surface area contributed by atoms with E-state index in [1.807, 2.05) is 31.2 Å². The first-order valence-electron chi connectivity index (χ1n) is 10.0. The maximum atomic E-state index is 12.7. The largest absolute Gasteiger partial charge is 0.461 e. The summed E-state index contributed by atoms with van der Waals surface area (Å²) >= 11 is 4.93. The van der Waals surface area contributed by atoms with E-state index in [4.69, 9.17) is 36.9 Å². The Kier molecular flexibility index (Phi) is 7.97. The highest BCUT2D eigenvalue weighted by molar-refractivity contribution is 7.82. The number of hydrogen-bond donors (Lipinski definition) is 3. The van der Waals surface area contributed by atoms with Crippen LogP contribution >= 0.6 is 12.2 Å². The van der Waals surface area contributed by atoms with Gasteiger partial charge in [-0.15, -0.1) is 0 Å². The molecule has 4 unspecified atom stereocenters. The van der Waals surface area contributed by atoms with Crippen molar-refractivity contribution in [3.05, 3.63) is 41.6 Å². The van der Waals surface area contributed by atoms with Gasteiger partial charge in [-0.3, -0.25) is 4.79 Å². The van der Waals surface area contributed by atoms with E-state index < -0.39 is 24.1 Å². The fraction of sp³-hybridized carbons (Fsp3) is 0.476. The number of fused-ring (bicyclic) bond motifs is 1. The van der Waals surface area contributed by atoms with Crippen LogP contribution in [0.2, 0.25) is 0 Å². The van der Waals surface area contributed by atoms with Gasteiger partial charge in [0.05, 0.1) is 25.0 Å². The zero-order valence-corrected chi connectivity index (χ0v) is 18.3. The molecule has 1 amide bonds. The molecule has 2 saturated heterocycles. The van der Waals surface area contributed by atoms with Crippen molar-refractivity contribution in [3.8, 4) is 0 Å². The second kappa shape index (κ2) is 10.7. The molecule has 4 N–H and O–H groups in total. The first kappa shape index (κ1) is 23.1. The van der Waals surface area contributed by atoms with Gasteiger partial charge in [0.25, 0.3) is 5.91 Å². The number of benzene rings is 1. The molecule has 2 aliphatic rings. The Bertz CT molecular complexity index is 861. The number of hydrogen-bond acceptors (Lipinski definition) is 9. The Labute approximate surface area is 186 Å². The molecule has 0 aromatic heterocycles. The maximum Gasteiger partial charge on any atom is 0.366 e. The van der Waals surface area contributed by atoms with E-state index >= 15 is 0 Å². The molecule has 2 heterocycles. The topological polar surface area (TPSA) is 121 Å². The Balaban J connectivity index is 1.69. The van der Waals surface area contributed by atoms with Crippen LogP contribution < -0.4 is 16.4 Å². The molecule has 0 aliphatic carbocycles. The van der Waals surface area contributed by atoms with Gasteiger partial charge in [0, 0.05) is 12.6 Å². The second-order valence-corrected chi connectivity index (χ2v) is 7.71. The minimum absolute atomic E-state index is 0.142. The van der Waals surface area contributed by atoms with Crippen molar-refractivity contribution in [3.63, 3.8) is 0 Å². The van der Waals surface area contributed by atoms with Gasteiger partial charge in [-0.25, -0.2) is 4.79 Å². The molecule has 10 heteroatoms. The van der Waals surface area contributed by atoms with E-state index in [2.05, 4.69) is 10.6 Å². The number of aryl methyl sites for hydroxylation is 1. The summed E-state index contributed by atoms with van der Waals surface area (Å²) in [5.41, 5.74) is 8.77. The lowest BCUT2D eigenvalue weighted by Crippen LogP contribution is -2.60. The molecule has 2 aliphatic heterocycles. The fourth-order valence-corrected chi connectivity index (χ4v) is 3.65. The minimum Gasteiger partial charge on any atom is -0.461 e. The van der Waals surface area contributed by atoms with Crippen molar-refractivity contribution in [2.75, 3.05) is 20.0 Å². The zero-order chi connectivity index (χ0) is 22.4. The summed E-state index contributed by atoms with van der Waals surface area (Å²) in [6.45, 7) is 4.23. The highest BCUT2D eigenvalue weighted by atomic mass is 32.1. The number of carbonyl (C=O) groups excluding carboxylic acids is 2. The predicted octanol–water partition coefficient (Wildman–Crippen LogP) is 0.747. The van der Waals surface area contributed by atoms with Gasteiger partial charge in [0.15, 0.2) is 4.99 Å². The molecular weight excluding hydrogens is 422 g/mol. The minimum atomic E-state index is -0.856. The smallest absolute Gasteiger partial charge is 0.366 e. The number of ether oxygens (including phenoxy) is 4. The third-order valence-corrected chi connectivity index (χ3v) is 5.26. The monoisotopic (exact) mass is 449 g/mol. The SMILES string of the molecule is CCOC(=O)C(=S)NC(=O)C1CC(N/C=C(\N)c2cccc(C)c2)C2OCOCC2O1. The number of nitrogens with two attached hydrogens (primary N) is 1. The number of esters is 1. The Morgan fingerprint density at radius 2 is 2.19 bits per heavy atom. The summed E-state index contributed by atoms with van der Waals surface area (Å²) in [6.07, 6.45) is 0.358. The second-order valence-electron chi connectivity index (χ2n) is 7.30. The van der Waals surface area contributed by atoms with Crippen LogP contribution in [0.5, 0.6) is 0 Å². The van der Waals surface area contributed by atoms with Crippen molar-refractivity contribution >= 4 is 34.8 Å². The molecule has 9 nitrogen and oxygen atoms in total. The van der Waals surface area contributed by atoms with E-state index in [1.165, 1.54) is 0 Å². The van der Waals surface area contributed by atoms with Crippen molar-refractivity contribution in [2.24, 2.45) is 5.73 Å². The standard InChI is InChI=1S/C21H27N3O6S/c1-3-28-21(26)20(31)24-19(25)16-8-15(18-17(30-16)10-27-11-29-18)23-9-14(22)13-6-4-5-12(2)7-13/h4-7,9,15-18,23H,3,8,10-11,22H2,1-2H3,(H,24,25,31)/b14-9-. The molecule has 4 atom stereocenters. The van der Waals surface area contributed by atoms with Crippen molar-refractivity contribution < 1.29 is 28.5 Å². The number of rotatable bonds is 5. The van der Waals surface area contributed by atoms with Crippen LogP contribution in [0.4, 0.5) is 0 Å². The van der Waals surface area contributed by atoms with Crippen LogP contribution in [-0.2, 0) is 28.5 Å². The van der Waals surface area contributed by atoms with E-state index in [1.54, 1.807) is 13.1 Å². The quantitative estimate of drug-likeness (QED) is 0.442.